The van der Waals surface area contributed by atoms with E-state index in [2.05, 4.69) is 5.32 Å². The van der Waals surface area contributed by atoms with E-state index in [0.717, 1.165) is 17.7 Å². The van der Waals surface area contributed by atoms with Gasteiger partial charge in [-0.3, -0.25) is 4.90 Å². The average Bonchev–Trinajstić information content (AvgIpc) is 2.82. The summed E-state index contributed by atoms with van der Waals surface area (Å²) in [7, 11) is 4.54. The number of methoxy groups -OCH3 is 3. The largest absolute Gasteiger partial charge is 0.495 e. The first kappa shape index (κ1) is 23.4. The van der Waals surface area contributed by atoms with Crippen molar-refractivity contribution in [1.82, 2.24) is 5.32 Å². The minimum Gasteiger partial charge on any atom is -0.495 e. The Hall–Kier alpha value is -3.26. The molecular weight excluding hydrogens is 428 g/mol. The standard InChI is InChI=1S/C24H28N2O5S/c1-6-13-31-19-12-11-16(14-20(19)29-4)22-21(23(27)30-5)15(2)26(24(32)25-22)17-9-7-8-10-18(17)28-3/h7-12,14,22H,6,13H2,1-5H3,(H,25,32)/t22-/m1/s1. The molecule has 170 valence electrons. The maximum atomic E-state index is 12.9. The normalized spacial score (nSPS) is 15.8. The van der Waals surface area contributed by atoms with E-state index in [9.17, 15) is 4.79 Å². The maximum absolute atomic E-state index is 12.9. The molecule has 0 amide bonds. The van der Waals surface area contributed by atoms with E-state index in [4.69, 9.17) is 31.2 Å². The SMILES string of the molecule is CCCOc1ccc([C@H]2NC(=S)N(c3ccccc3OC)C(C)=C2C(=O)OC)cc1OC. The minimum absolute atomic E-state index is 0.440. The molecule has 32 heavy (non-hydrogen) atoms. The van der Waals surface area contributed by atoms with Gasteiger partial charge in [0.1, 0.15) is 5.75 Å². The van der Waals surface area contributed by atoms with Crippen molar-refractivity contribution in [1.29, 1.82) is 0 Å². The van der Waals surface area contributed by atoms with Gasteiger partial charge in [-0.1, -0.05) is 25.1 Å². The summed E-state index contributed by atoms with van der Waals surface area (Å²) < 4.78 is 21.9. The second kappa shape index (κ2) is 10.4. The molecule has 1 heterocycles. The number of thiocarbonyl (C=S) groups is 1. The molecule has 3 rings (SSSR count). The Morgan fingerprint density at radius 3 is 2.44 bits per heavy atom. The first-order valence-corrected chi connectivity index (χ1v) is 10.7. The van der Waals surface area contributed by atoms with E-state index in [1.165, 1.54) is 7.11 Å². The van der Waals surface area contributed by atoms with Gasteiger partial charge in [-0.05, 0) is 55.4 Å². The van der Waals surface area contributed by atoms with Gasteiger partial charge in [-0.25, -0.2) is 4.79 Å². The molecule has 2 aromatic carbocycles. The molecule has 0 saturated carbocycles. The third-order valence-electron chi connectivity index (χ3n) is 5.20. The fourth-order valence-corrected chi connectivity index (χ4v) is 4.02. The van der Waals surface area contributed by atoms with E-state index in [0.29, 0.717) is 40.2 Å². The molecule has 8 heteroatoms. The van der Waals surface area contributed by atoms with Crippen molar-refractivity contribution in [3.63, 3.8) is 0 Å². The highest BCUT2D eigenvalue weighted by atomic mass is 32.1. The molecule has 0 saturated heterocycles. The lowest BCUT2D eigenvalue weighted by Gasteiger charge is -2.38. The Labute approximate surface area is 193 Å². The number of carbonyl (C=O) groups excluding carboxylic acids is 1. The highest BCUT2D eigenvalue weighted by molar-refractivity contribution is 7.80. The van der Waals surface area contributed by atoms with Gasteiger partial charge in [0.25, 0.3) is 0 Å². The summed E-state index contributed by atoms with van der Waals surface area (Å²) in [4.78, 5) is 14.7. The van der Waals surface area contributed by atoms with Crippen LogP contribution in [0.3, 0.4) is 0 Å². The van der Waals surface area contributed by atoms with Crippen molar-refractivity contribution in [2.24, 2.45) is 0 Å². The molecular formula is C24H28N2O5S. The molecule has 2 aromatic rings. The molecule has 0 unspecified atom stereocenters. The Morgan fingerprint density at radius 2 is 1.78 bits per heavy atom. The van der Waals surface area contributed by atoms with Crippen LogP contribution in [0.2, 0.25) is 0 Å². The Morgan fingerprint density at radius 1 is 1.06 bits per heavy atom. The number of ether oxygens (including phenoxy) is 4. The van der Waals surface area contributed by atoms with Gasteiger partial charge in [0.2, 0.25) is 0 Å². The van der Waals surface area contributed by atoms with Gasteiger partial charge < -0.3 is 24.3 Å². The smallest absolute Gasteiger partial charge is 0.337 e. The lowest BCUT2D eigenvalue weighted by molar-refractivity contribution is -0.136. The summed E-state index contributed by atoms with van der Waals surface area (Å²) in [5.41, 5.74) is 2.62. The fraction of sp³-hybridized carbons (Fsp3) is 0.333. The zero-order valence-electron chi connectivity index (χ0n) is 18.9. The number of nitrogens with one attached hydrogen (secondary N) is 1. The van der Waals surface area contributed by atoms with Gasteiger partial charge in [0.15, 0.2) is 16.6 Å². The molecule has 1 N–H and O–H groups in total. The second-order valence-corrected chi connectivity index (χ2v) is 7.53. The first-order chi connectivity index (χ1) is 15.5. The summed E-state index contributed by atoms with van der Waals surface area (Å²) in [5, 5.41) is 3.73. The molecule has 7 nitrogen and oxygen atoms in total. The monoisotopic (exact) mass is 456 g/mol. The molecule has 0 fully saturated rings. The van der Waals surface area contributed by atoms with E-state index in [-0.39, 0.29) is 0 Å². The minimum atomic E-state index is -0.518. The molecule has 0 aliphatic carbocycles. The quantitative estimate of drug-likeness (QED) is 0.464. The highest BCUT2D eigenvalue weighted by Gasteiger charge is 2.36. The number of hydrogen-bond acceptors (Lipinski definition) is 6. The van der Waals surface area contributed by atoms with Crippen LogP contribution in [0.5, 0.6) is 17.2 Å². The molecule has 0 radical (unpaired) electrons. The number of esters is 1. The van der Waals surface area contributed by atoms with E-state index in [1.807, 2.05) is 56.3 Å². The Kier molecular flexibility index (Phi) is 7.58. The van der Waals surface area contributed by atoms with Crippen LogP contribution in [0, 0.1) is 0 Å². The maximum Gasteiger partial charge on any atom is 0.337 e. The molecule has 1 aliphatic heterocycles. The van der Waals surface area contributed by atoms with Gasteiger partial charge in [0, 0.05) is 5.70 Å². The van der Waals surface area contributed by atoms with Crippen LogP contribution in [0.15, 0.2) is 53.7 Å². The van der Waals surface area contributed by atoms with Crippen molar-refractivity contribution in [3.8, 4) is 17.2 Å². The average molecular weight is 457 g/mol. The molecule has 0 spiro atoms. The Bertz CT molecular complexity index is 1040. The third-order valence-corrected chi connectivity index (χ3v) is 5.50. The van der Waals surface area contributed by atoms with Gasteiger partial charge in [0.05, 0.1) is 45.2 Å². The molecule has 0 aromatic heterocycles. The van der Waals surface area contributed by atoms with E-state index >= 15 is 0 Å². The van der Waals surface area contributed by atoms with Gasteiger partial charge >= 0.3 is 5.97 Å². The molecule has 0 bridgehead atoms. The summed E-state index contributed by atoms with van der Waals surface area (Å²) in [6.45, 7) is 4.47. The van der Waals surface area contributed by atoms with Crippen molar-refractivity contribution in [2.45, 2.75) is 26.3 Å². The van der Waals surface area contributed by atoms with Crippen LogP contribution >= 0.6 is 12.2 Å². The van der Waals surface area contributed by atoms with Gasteiger partial charge in [-0.15, -0.1) is 0 Å². The number of allylic oxidation sites excluding steroid dienone is 1. The van der Waals surface area contributed by atoms with Crippen LogP contribution in [-0.4, -0.2) is 39.0 Å². The predicted molar refractivity (Wildman–Crippen MR) is 127 cm³/mol. The van der Waals surface area contributed by atoms with Crippen LogP contribution in [0.1, 0.15) is 31.9 Å². The van der Waals surface area contributed by atoms with Crippen LogP contribution in [0.4, 0.5) is 5.69 Å². The first-order valence-electron chi connectivity index (χ1n) is 10.3. The van der Waals surface area contributed by atoms with Crippen LogP contribution in [0.25, 0.3) is 0 Å². The lowest BCUT2D eigenvalue weighted by atomic mass is 9.94. The molecule has 1 atom stereocenters. The number of para-hydroxylation sites is 2. The summed E-state index contributed by atoms with van der Waals surface area (Å²) >= 11 is 5.71. The van der Waals surface area contributed by atoms with Crippen LogP contribution < -0.4 is 24.4 Å². The lowest BCUT2D eigenvalue weighted by Crippen LogP contribution is -2.48. The number of nitrogens with zero attached hydrogens (tertiary/aromatic N) is 1. The third kappa shape index (κ3) is 4.50. The zero-order chi connectivity index (χ0) is 23.3. The second-order valence-electron chi connectivity index (χ2n) is 7.14. The fourth-order valence-electron chi connectivity index (χ4n) is 3.67. The number of benzene rings is 2. The summed E-state index contributed by atoms with van der Waals surface area (Å²) in [6, 6.07) is 12.5. The molecule has 1 aliphatic rings. The topological polar surface area (TPSA) is 69.3 Å². The summed E-state index contributed by atoms with van der Waals surface area (Å²) in [5.74, 6) is 1.41. The number of rotatable bonds is 8. The van der Waals surface area contributed by atoms with E-state index in [1.54, 1.807) is 19.1 Å². The zero-order valence-corrected chi connectivity index (χ0v) is 19.7. The summed E-state index contributed by atoms with van der Waals surface area (Å²) in [6.07, 6.45) is 0.885. The number of hydrogen-bond donors (Lipinski definition) is 1. The van der Waals surface area contributed by atoms with Crippen molar-refractivity contribution >= 4 is 29.0 Å². The van der Waals surface area contributed by atoms with Crippen LogP contribution in [-0.2, 0) is 9.53 Å². The van der Waals surface area contributed by atoms with E-state index < -0.39 is 12.0 Å². The number of carbonyl (C=O) groups is 1. The van der Waals surface area contributed by atoms with Crippen molar-refractivity contribution in [3.05, 3.63) is 59.3 Å². The highest BCUT2D eigenvalue weighted by Crippen LogP contribution is 2.39. The van der Waals surface area contributed by atoms with Crippen molar-refractivity contribution in [2.75, 3.05) is 32.8 Å². The predicted octanol–water partition coefficient (Wildman–Crippen LogP) is 4.38. The van der Waals surface area contributed by atoms with Gasteiger partial charge in [-0.2, -0.15) is 0 Å². The van der Waals surface area contributed by atoms with Crippen molar-refractivity contribution < 1.29 is 23.7 Å². The Balaban J connectivity index is 2.11. The number of anilines is 1.